The third-order valence-electron chi connectivity index (χ3n) is 4.14. The van der Waals surface area contributed by atoms with Crippen LogP contribution < -0.4 is 5.56 Å². The van der Waals surface area contributed by atoms with E-state index >= 15 is 0 Å². The number of nitrogens with zero attached hydrogens (tertiary/aromatic N) is 2. The summed E-state index contributed by atoms with van der Waals surface area (Å²) in [6, 6.07) is 10.7. The number of hydrogen-bond donors (Lipinski definition) is 0. The Balaban J connectivity index is 2.56. The van der Waals surface area contributed by atoms with Crippen LogP contribution in [0.3, 0.4) is 0 Å². The van der Waals surface area contributed by atoms with Gasteiger partial charge in [0.2, 0.25) is 0 Å². The SMILES string of the molecule is C=C(C)CN(CC)C(=O)C(C(=O)c1ccccc1)n1cccc(C)c1=O. The van der Waals surface area contributed by atoms with Gasteiger partial charge in [0.1, 0.15) is 0 Å². The summed E-state index contributed by atoms with van der Waals surface area (Å²) < 4.78 is 1.23. The number of carbonyl (C=O) groups excluding carboxylic acids is 2. The Hall–Kier alpha value is -2.95. The zero-order valence-electron chi connectivity index (χ0n) is 15.4. The number of ketones is 1. The highest BCUT2D eigenvalue weighted by Gasteiger charge is 2.33. The Morgan fingerprint density at radius 2 is 1.81 bits per heavy atom. The molecule has 0 aliphatic heterocycles. The first-order chi connectivity index (χ1) is 12.4. The summed E-state index contributed by atoms with van der Waals surface area (Å²) in [7, 11) is 0. The van der Waals surface area contributed by atoms with E-state index in [1.165, 1.54) is 10.8 Å². The van der Waals surface area contributed by atoms with Gasteiger partial charge >= 0.3 is 0 Å². The Labute approximate surface area is 153 Å². The van der Waals surface area contributed by atoms with E-state index < -0.39 is 17.7 Å². The Morgan fingerprint density at radius 3 is 2.38 bits per heavy atom. The number of aryl methyl sites for hydroxylation is 1. The molecular formula is C21H24N2O3. The highest BCUT2D eigenvalue weighted by Crippen LogP contribution is 2.17. The van der Waals surface area contributed by atoms with Gasteiger partial charge in [-0.15, -0.1) is 0 Å². The van der Waals surface area contributed by atoms with E-state index in [-0.39, 0.29) is 5.56 Å². The van der Waals surface area contributed by atoms with Crippen LogP contribution in [0.15, 0.2) is 65.6 Å². The Kier molecular flexibility index (Phi) is 6.28. The minimum Gasteiger partial charge on any atom is -0.337 e. The highest BCUT2D eigenvalue weighted by molar-refractivity contribution is 6.11. The highest BCUT2D eigenvalue weighted by atomic mass is 16.2. The van der Waals surface area contributed by atoms with E-state index in [1.807, 2.05) is 13.8 Å². The van der Waals surface area contributed by atoms with Gasteiger partial charge in [-0.05, 0) is 26.8 Å². The van der Waals surface area contributed by atoms with Gasteiger partial charge in [0.15, 0.2) is 11.8 Å². The number of Topliss-reactive ketones (excluding diaryl/α,β-unsaturated/α-hetero) is 1. The normalized spacial score (nSPS) is 11.7. The first kappa shape index (κ1) is 19.4. The molecule has 0 spiro atoms. The van der Waals surface area contributed by atoms with Crippen LogP contribution in [0.4, 0.5) is 0 Å². The molecule has 0 radical (unpaired) electrons. The van der Waals surface area contributed by atoms with Gasteiger partial charge in [0, 0.05) is 30.4 Å². The average Bonchev–Trinajstić information content (AvgIpc) is 2.63. The number of rotatable bonds is 7. The second kappa shape index (κ2) is 8.43. The van der Waals surface area contributed by atoms with E-state index in [9.17, 15) is 14.4 Å². The summed E-state index contributed by atoms with van der Waals surface area (Å²) in [6.07, 6.45) is 1.49. The second-order valence-corrected chi connectivity index (χ2v) is 6.35. The largest absolute Gasteiger partial charge is 0.337 e. The summed E-state index contributed by atoms with van der Waals surface area (Å²) in [4.78, 5) is 40.5. The molecule has 0 saturated heterocycles. The van der Waals surface area contributed by atoms with E-state index in [2.05, 4.69) is 6.58 Å². The fourth-order valence-corrected chi connectivity index (χ4v) is 2.79. The third-order valence-corrected chi connectivity index (χ3v) is 4.14. The first-order valence-corrected chi connectivity index (χ1v) is 8.57. The minimum atomic E-state index is -1.23. The van der Waals surface area contributed by atoms with Crippen molar-refractivity contribution in [2.75, 3.05) is 13.1 Å². The van der Waals surface area contributed by atoms with Crippen molar-refractivity contribution in [1.82, 2.24) is 9.47 Å². The van der Waals surface area contributed by atoms with Gasteiger partial charge in [-0.2, -0.15) is 0 Å². The number of hydrogen-bond acceptors (Lipinski definition) is 3. The molecule has 0 aliphatic rings. The van der Waals surface area contributed by atoms with Crippen LogP contribution in [0.25, 0.3) is 0 Å². The summed E-state index contributed by atoms with van der Waals surface area (Å²) >= 11 is 0. The fraction of sp³-hybridized carbons (Fsp3) is 0.286. The summed E-state index contributed by atoms with van der Waals surface area (Å²) in [6.45, 7) is 9.93. The molecule has 26 heavy (non-hydrogen) atoms. The van der Waals surface area contributed by atoms with E-state index in [0.29, 0.717) is 24.2 Å². The zero-order valence-corrected chi connectivity index (χ0v) is 15.4. The lowest BCUT2D eigenvalue weighted by atomic mass is 10.0. The molecule has 0 saturated carbocycles. The van der Waals surface area contributed by atoms with Crippen LogP contribution in [0.5, 0.6) is 0 Å². The summed E-state index contributed by atoms with van der Waals surface area (Å²) in [5, 5.41) is 0. The molecule has 1 amide bonds. The predicted molar refractivity (Wildman–Crippen MR) is 102 cm³/mol. The minimum absolute atomic E-state index is 0.342. The number of carbonyl (C=O) groups is 2. The topological polar surface area (TPSA) is 59.4 Å². The quantitative estimate of drug-likeness (QED) is 0.437. The smallest absolute Gasteiger partial charge is 0.254 e. The number of pyridine rings is 1. The van der Waals surface area contributed by atoms with Crippen LogP contribution in [-0.4, -0.2) is 34.2 Å². The fourth-order valence-electron chi connectivity index (χ4n) is 2.79. The van der Waals surface area contributed by atoms with Gasteiger partial charge < -0.3 is 4.90 Å². The number of likely N-dealkylation sites (N-methyl/N-ethyl adjacent to an activating group) is 1. The van der Waals surface area contributed by atoms with Crippen molar-refractivity contribution in [2.45, 2.75) is 26.8 Å². The molecule has 0 bridgehead atoms. The maximum Gasteiger partial charge on any atom is 0.254 e. The lowest BCUT2D eigenvalue weighted by Crippen LogP contribution is -2.44. The monoisotopic (exact) mass is 352 g/mol. The predicted octanol–water partition coefficient (Wildman–Crippen LogP) is 3.01. The van der Waals surface area contributed by atoms with E-state index in [0.717, 1.165) is 5.57 Å². The van der Waals surface area contributed by atoms with Gasteiger partial charge in [-0.3, -0.25) is 19.0 Å². The third kappa shape index (κ3) is 4.17. The van der Waals surface area contributed by atoms with Crippen molar-refractivity contribution in [1.29, 1.82) is 0 Å². The molecule has 1 heterocycles. The molecule has 5 nitrogen and oxygen atoms in total. The first-order valence-electron chi connectivity index (χ1n) is 8.57. The lowest BCUT2D eigenvalue weighted by molar-refractivity contribution is -0.132. The molecule has 1 aromatic heterocycles. The maximum atomic E-state index is 13.2. The molecule has 136 valence electrons. The van der Waals surface area contributed by atoms with Gasteiger partial charge in [0.05, 0.1) is 0 Å². The van der Waals surface area contributed by atoms with Crippen LogP contribution in [0.2, 0.25) is 0 Å². The van der Waals surface area contributed by atoms with Crippen molar-refractivity contribution < 1.29 is 9.59 Å². The zero-order chi connectivity index (χ0) is 19.3. The maximum absolute atomic E-state index is 13.2. The van der Waals surface area contributed by atoms with Gasteiger partial charge in [-0.25, -0.2) is 0 Å². The summed E-state index contributed by atoms with van der Waals surface area (Å²) in [5.41, 5.74) is 1.34. The molecule has 5 heteroatoms. The van der Waals surface area contributed by atoms with Crippen molar-refractivity contribution >= 4 is 11.7 Å². The van der Waals surface area contributed by atoms with Crippen LogP contribution >= 0.6 is 0 Å². The van der Waals surface area contributed by atoms with Crippen molar-refractivity contribution in [3.8, 4) is 0 Å². The molecule has 0 N–H and O–H groups in total. The van der Waals surface area contributed by atoms with Crippen LogP contribution in [-0.2, 0) is 4.79 Å². The van der Waals surface area contributed by atoms with Gasteiger partial charge in [0.25, 0.3) is 11.5 Å². The van der Waals surface area contributed by atoms with Crippen molar-refractivity contribution in [2.24, 2.45) is 0 Å². The molecule has 2 aromatic rings. The standard InChI is InChI=1S/C21H24N2O3/c1-5-22(14-15(2)3)21(26)18(19(24)17-11-7-6-8-12-17)23-13-9-10-16(4)20(23)25/h6-13,18H,2,5,14H2,1,3-4H3. The number of benzene rings is 1. The molecule has 2 rings (SSSR count). The van der Waals surface area contributed by atoms with Crippen molar-refractivity contribution in [3.63, 3.8) is 0 Å². The molecular weight excluding hydrogens is 328 g/mol. The van der Waals surface area contributed by atoms with Gasteiger partial charge in [-0.1, -0.05) is 48.6 Å². The molecule has 1 atom stereocenters. The molecule has 1 unspecified atom stereocenters. The summed E-state index contributed by atoms with van der Waals surface area (Å²) in [5.74, 6) is -0.805. The average molecular weight is 352 g/mol. The Bertz CT molecular complexity index is 868. The number of amides is 1. The molecule has 1 aromatic carbocycles. The number of aromatic nitrogens is 1. The molecule has 0 fully saturated rings. The van der Waals surface area contributed by atoms with Crippen molar-refractivity contribution in [3.05, 3.63) is 82.3 Å². The van der Waals surface area contributed by atoms with E-state index in [4.69, 9.17) is 0 Å². The van der Waals surface area contributed by atoms with E-state index in [1.54, 1.807) is 54.3 Å². The lowest BCUT2D eigenvalue weighted by Gasteiger charge is -2.27. The Morgan fingerprint density at radius 1 is 1.15 bits per heavy atom. The van der Waals surface area contributed by atoms with Crippen LogP contribution in [0.1, 0.15) is 35.8 Å². The van der Waals surface area contributed by atoms with Crippen LogP contribution in [0, 0.1) is 6.92 Å². The molecule has 0 aliphatic carbocycles. The second-order valence-electron chi connectivity index (χ2n) is 6.35.